The van der Waals surface area contributed by atoms with E-state index in [9.17, 15) is 4.79 Å². The SMILES string of the molecule is COCCNC(=O)c1ccc(CSc2ncn[nH]2)cc1. The second-order valence-corrected chi connectivity index (χ2v) is 4.99. The lowest BCUT2D eigenvalue weighted by atomic mass is 10.1. The Hall–Kier alpha value is -1.86. The van der Waals surface area contributed by atoms with Crippen molar-refractivity contribution < 1.29 is 9.53 Å². The minimum atomic E-state index is -0.0866. The molecule has 2 rings (SSSR count). The zero-order valence-electron chi connectivity index (χ0n) is 11.1. The molecule has 6 nitrogen and oxygen atoms in total. The van der Waals surface area contributed by atoms with Gasteiger partial charge in [0.1, 0.15) is 6.33 Å². The first kappa shape index (κ1) is 14.5. The lowest BCUT2D eigenvalue weighted by Gasteiger charge is -2.05. The number of aromatic amines is 1. The van der Waals surface area contributed by atoms with Crippen LogP contribution in [-0.4, -0.2) is 41.3 Å². The largest absolute Gasteiger partial charge is 0.383 e. The van der Waals surface area contributed by atoms with E-state index in [1.54, 1.807) is 18.9 Å². The Morgan fingerprint density at radius 3 is 2.85 bits per heavy atom. The molecule has 2 N–H and O–H groups in total. The van der Waals surface area contributed by atoms with Crippen LogP contribution in [0.1, 0.15) is 15.9 Å². The summed E-state index contributed by atoms with van der Waals surface area (Å²) in [5.74, 6) is 0.692. The molecule has 0 aliphatic rings. The molecule has 0 bridgehead atoms. The van der Waals surface area contributed by atoms with Gasteiger partial charge < -0.3 is 10.1 Å². The molecule has 0 fully saturated rings. The highest BCUT2D eigenvalue weighted by Gasteiger charge is 2.05. The maximum atomic E-state index is 11.8. The van der Waals surface area contributed by atoms with E-state index in [-0.39, 0.29) is 5.91 Å². The third kappa shape index (κ3) is 4.36. The Kier molecular flexibility index (Phi) is 5.57. The fourth-order valence-corrected chi connectivity index (χ4v) is 2.27. The highest BCUT2D eigenvalue weighted by Crippen LogP contribution is 2.18. The Morgan fingerprint density at radius 1 is 1.40 bits per heavy atom. The standard InChI is InChI=1S/C13H16N4O2S/c1-19-7-6-14-12(18)11-4-2-10(3-5-11)8-20-13-15-9-16-17-13/h2-5,9H,6-8H2,1H3,(H,14,18)(H,15,16,17). The molecule has 1 aromatic heterocycles. The van der Waals surface area contributed by atoms with Crippen molar-refractivity contribution in [1.29, 1.82) is 0 Å². The van der Waals surface area contributed by atoms with Crippen LogP contribution in [0.15, 0.2) is 35.7 Å². The predicted molar refractivity (Wildman–Crippen MR) is 76.6 cm³/mol. The third-order valence-electron chi connectivity index (χ3n) is 2.58. The van der Waals surface area contributed by atoms with Gasteiger partial charge in [-0.1, -0.05) is 23.9 Å². The van der Waals surface area contributed by atoms with E-state index >= 15 is 0 Å². The van der Waals surface area contributed by atoms with Crippen LogP contribution in [-0.2, 0) is 10.5 Å². The van der Waals surface area contributed by atoms with Crippen molar-refractivity contribution in [1.82, 2.24) is 20.5 Å². The second-order valence-electron chi connectivity index (χ2n) is 4.02. The molecule has 7 heteroatoms. The van der Waals surface area contributed by atoms with Gasteiger partial charge >= 0.3 is 0 Å². The van der Waals surface area contributed by atoms with Crippen molar-refractivity contribution in [2.75, 3.05) is 20.3 Å². The van der Waals surface area contributed by atoms with Gasteiger partial charge in [-0.2, -0.15) is 5.10 Å². The number of aromatic nitrogens is 3. The summed E-state index contributed by atoms with van der Waals surface area (Å²) in [6.45, 7) is 1.02. The van der Waals surface area contributed by atoms with Crippen molar-refractivity contribution in [3.63, 3.8) is 0 Å². The number of amides is 1. The fourth-order valence-electron chi connectivity index (χ4n) is 1.54. The summed E-state index contributed by atoms with van der Waals surface area (Å²) in [5, 5.41) is 10.1. The normalized spacial score (nSPS) is 10.4. The van der Waals surface area contributed by atoms with Gasteiger partial charge in [-0.15, -0.1) is 0 Å². The summed E-state index contributed by atoms with van der Waals surface area (Å²) in [6.07, 6.45) is 1.48. The summed E-state index contributed by atoms with van der Waals surface area (Å²) in [6, 6.07) is 7.51. The van der Waals surface area contributed by atoms with Crippen LogP contribution in [0, 0.1) is 0 Å². The van der Waals surface area contributed by atoms with Crippen LogP contribution in [0.3, 0.4) is 0 Å². The second kappa shape index (κ2) is 7.66. The van der Waals surface area contributed by atoms with Gasteiger partial charge in [0.25, 0.3) is 5.91 Å². The first-order valence-corrected chi connectivity index (χ1v) is 7.12. The van der Waals surface area contributed by atoms with E-state index in [2.05, 4.69) is 20.5 Å². The number of hydrogen-bond acceptors (Lipinski definition) is 5. The van der Waals surface area contributed by atoms with Crippen molar-refractivity contribution in [2.24, 2.45) is 0 Å². The van der Waals surface area contributed by atoms with Gasteiger partial charge in [-0.05, 0) is 17.7 Å². The van der Waals surface area contributed by atoms with E-state index in [1.165, 1.54) is 6.33 Å². The Bertz CT molecular complexity index is 528. The first-order valence-electron chi connectivity index (χ1n) is 6.14. The highest BCUT2D eigenvalue weighted by atomic mass is 32.2. The molecule has 0 aliphatic heterocycles. The van der Waals surface area contributed by atoms with E-state index in [0.717, 1.165) is 16.5 Å². The van der Waals surface area contributed by atoms with E-state index in [0.29, 0.717) is 18.7 Å². The molecule has 0 spiro atoms. The highest BCUT2D eigenvalue weighted by molar-refractivity contribution is 7.98. The number of benzene rings is 1. The summed E-state index contributed by atoms with van der Waals surface area (Å²) in [4.78, 5) is 15.8. The van der Waals surface area contributed by atoms with Crippen LogP contribution in [0.25, 0.3) is 0 Å². The Balaban J connectivity index is 1.84. The summed E-state index contributed by atoms with van der Waals surface area (Å²) >= 11 is 1.57. The summed E-state index contributed by atoms with van der Waals surface area (Å²) < 4.78 is 4.88. The maximum Gasteiger partial charge on any atom is 0.251 e. The number of hydrogen-bond donors (Lipinski definition) is 2. The van der Waals surface area contributed by atoms with Gasteiger partial charge in [0.05, 0.1) is 6.61 Å². The van der Waals surface area contributed by atoms with Crippen molar-refractivity contribution in [3.8, 4) is 0 Å². The average Bonchev–Trinajstić information content (AvgIpc) is 2.99. The van der Waals surface area contributed by atoms with Gasteiger partial charge in [-0.25, -0.2) is 4.98 Å². The number of carbonyl (C=O) groups excluding carboxylic acids is 1. The molecular weight excluding hydrogens is 276 g/mol. The van der Waals surface area contributed by atoms with Crippen molar-refractivity contribution in [2.45, 2.75) is 10.9 Å². The monoisotopic (exact) mass is 292 g/mol. The molecule has 0 radical (unpaired) electrons. The smallest absolute Gasteiger partial charge is 0.251 e. The quantitative estimate of drug-likeness (QED) is 0.597. The summed E-state index contributed by atoms with van der Waals surface area (Å²) in [7, 11) is 1.60. The maximum absolute atomic E-state index is 11.8. The predicted octanol–water partition coefficient (Wildman–Crippen LogP) is 1.47. The van der Waals surface area contributed by atoms with Gasteiger partial charge in [0.2, 0.25) is 0 Å². The summed E-state index contributed by atoms with van der Waals surface area (Å²) in [5.41, 5.74) is 1.77. The number of nitrogens with zero attached hydrogens (tertiary/aromatic N) is 2. The average molecular weight is 292 g/mol. The Labute approximate surface area is 121 Å². The van der Waals surface area contributed by atoms with E-state index < -0.39 is 0 Å². The molecule has 2 aromatic rings. The lowest BCUT2D eigenvalue weighted by Crippen LogP contribution is -2.26. The third-order valence-corrected chi connectivity index (χ3v) is 3.52. The van der Waals surface area contributed by atoms with E-state index in [1.807, 2.05) is 24.3 Å². The molecule has 0 saturated carbocycles. The molecule has 0 aliphatic carbocycles. The van der Waals surface area contributed by atoms with Crippen molar-refractivity contribution in [3.05, 3.63) is 41.7 Å². The van der Waals surface area contributed by atoms with Gasteiger partial charge in [0.15, 0.2) is 5.16 Å². The minimum Gasteiger partial charge on any atom is -0.383 e. The molecule has 1 heterocycles. The molecule has 106 valence electrons. The van der Waals surface area contributed by atoms with Crippen molar-refractivity contribution >= 4 is 17.7 Å². The number of ether oxygens (including phenoxy) is 1. The number of H-pyrrole nitrogens is 1. The number of carbonyl (C=O) groups is 1. The van der Waals surface area contributed by atoms with Crippen LogP contribution in [0.4, 0.5) is 0 Å². The molecule has 20 heavy (non-hydrogen) atoms. The van der Waals surface area contributed by atoms with Gasteiger partial charge in [0, 0.05) is 25.0 Å². The lowest BCUT2D eigenvalue weighted by molar-refractivity contribution is 0.0937. The van der Waals surface area contributed by atoms with Gasteiger partial charge in [-0.3, -0.25) is 9.89 Å². The van der Waals surface area contributed by atoms with Crippen LogP contribution >= 0.6 is 11.8 Å². The molecule has 1 amide bonds. The molecule has 0 saturated heterocycles. The number of thioether (sulfide) groups is 1. The van der Waals surface area contributed by atoms with E-state index in [4.69, 9.17) is 4.74 Å². The van der Waals surface area contributed by atoms with Crippen LogP contribution < -0.4 is 5.32 Å². The topological polar surface area (TPSA) is 79.9 Å². The fraction of sp³-hybridized carbons (Fsp3) is 0.308. The molecule has 0 unspecified atom stereocenters. The number of rotatable bonds is 7. The molecule has 1 aromatic carbocycles. The van der Waals surface area contributed by atoms with Crippen LogP contribution in [0.5, 0.6) is 0 Å². The first-order chi connectivity index (χ1) is 9.79. The Morgan fingerprint density at radius 2 is 2.20 bits per heavy atom. The number of nitrogens with one attached hydrogen (secondary N) is 2. The molecule has 0 atom stereocenters. The molecular formula is C13H16N4O2S. The zero-order chi connectivity index (χ0) is 14.2. The number of methoxy groups -OCH3 is 1. The minimum absolute atomic E-state index is 0.0866. The zero-order valence-corrected chi connectivity index (χ0v) is 11.9. The van der Waals surface area contributed by atoms with Crippen LogP contribution in [0.2, 0.25) is 0 Å².